The minimum Gasteiger partial charge on any atom is -0.0811 e. The minimum atomic E-state index is 0.527. The molecule has 1 saturated carbocycles. The molecule has 0 aromatic rings. The Morgan fingerprint density at radius 3 is 2.05 bits per heavy atom. The lowest BCUT2D eigenvalue weighted by Crippen LogP contribution is -2.30. The van der Waals surface area contributed by atoms with Gasteiger partial charge < -0.3 is 0 Å². The highest BCUT2D eigenvalue weighted by molar-refractivity contribution is 5.31. The van der Waals surface area contributed by atoms with E-state index in [1.165, 1.54) is 70.6 Å². The van der Waals surface area contributed by atoms with Crippen molar-refractivity contribution in [3.63, 3.8) is 0 Å². The summed E-state index contributed by atoms with van der Waals surface area (Å²) in [7, 11) is 0. The fraction of sp³-hybridized carbons (Fsp3) is 0.900. The fourth-order valence-electron chi connectivity index (χ4n) is 4.64. The average molecular weight is 277 g/mol. The maximum Gasteiger partial charge on any atom is -0.00593 e. The molecule has 116 valence electrons. The Morgan fingerprint density at radius 2 is 1.55 bits per heavy atom. The molecule has 0 saturated heterocycles. The highest BCUT2D eigenvalue weighted by Crippen LogP contribution is 2.65. The van der Waals surface area contributed by atoms with Crippen LogP contribution in [0.25, 0.3) is 0 Å². The molecule has 0 N–H and O–H groups in total. The second kappa shape index (κ2) is 6.67. The Morgan fingerprint density at radius 1 is 0.950 bits per heavy atom. The van der Waals surface area contributed by atoms with Crippen LogP contribution >= 0.6 is 0 Å². The van der Waals surface area contributed by atoms with Crippen LogP contribution in [0.5, 0.6) is 0 Å². The topological polar surface area (TPSA) is 0 Å². The van der Waals surface area contributed by atoms with Crippen molar-refractivity contribution in [1.82, 2.24) is 0 Å². The number of rotatable bonds is 9. The first-order valence-electron chi connectivity index (χ1n) is 9.23. The Labute approximate surface area is 127 Å². The lowest BCUT2D eigenvalue weighted by Gasteiger charge is -2.37. The van der Waals surface area contributed by atoms with Crippen LogP contribution in [0, 0.1) is 16.7 Å². The van der Waals surface area contributed by atoms with Gasteiger partial charge in [0.15, 0.2) is 0 Å². The molecule has 2 bridgehead atoms. The zero-order chi connectivity index (χ0) is 14.6. The first kappa shape index (κ1) is 16.1. The third kappa shape index (κ3) is 3.00. The molecule has 0 spiro atoms. The van der Waals surface area contributed by atoms with E-state index in [9.17, 15) is 0 Å². The Balaban J connectivity index is 1.63. The van der Waals surface area contributed by atoms with Gasteiger partial charge in [-0.2, -0.15) is 0 Å². The number of unbranched alkanes of at least 4 members (excludes halogenated alkanes) is 7. The van der Waals surface area contributed by atoms with Crippen LogP contribution in [0.15, 0.2) is 11.6 Å². The number of fused-ring (bicyclic) bond motifs is 2. The molecule has 2 aliphatic rings. The van der Waals surface area contributed by atoms with Crippen molar-refractivity contribution in [1.29, 1.82) is 0 Å². The standard InChI is InChI=1S/C20H36/c1-5-6-7-8-9-10-11-12-13-18-16-17-14-15-20(18,4)19(17,2)3/h16-17H,5-15H2,1-4H3/t17-,20+/m1/s1. The predicted molar refractivity (Wildman–Crippen MR) is 89.9 cm³/mol. The Hall–Kier alpha value is -0.260. The number of hydrogen-bond acceptors (Lipinski definition) is 0. The molecule has 0 nitrogen and oxygen atoms in total. The minimum absolute atomic E-state index is 0.527. The van der Waals surface area contributed by atoms with E-state index < -0.39 is 0 Å². The van der Waals surface area contributed by atoms with Crippen molar-refractivity contribution >= 4 is 0 Å². The molecule has 0 aromatic heterocycles. The highest BCUT2D eigenvalue weighted by atomic mass is 14.6. The summed E-state index contributed by atoms with van der Waals surface area (Å²) in [6.07, 6.45) is 18.4. The molecule has 0 heteroatoms. The third-order valence-electron chi connectivity index (χ3n) is 6.72. The van der Waals surface area contributed by atoms with Crippen LogP contribution < -0.4 is 0 Å². The van der Waals surface area contributed by atoms with Gasteiger partial charge in [-0.05, 0) is 42.4 Å². The van der Waals surface area contributed by atoms with Gasteiger partial charge in [0.2, 0.25) is 0 Å². The van der Waals surface area contributed by atoms with Crippen molar-refractivity contribution in [3.05, 3.63) is 11.6 Å². The van der Waals surface area contributed by atoms with E-state index >= 15 is 0 Å². The molecule has 2 aliphatic carbocycles. The van der Waals surface area contributed by atoms with Crippen LogP contribution in [0.1, 0.15) is 98.3 Å². The molecular formula is C20H36. The summed E-state index contributed by atoms with van der Waals surface area (Å²) in [4.78, 5) is 0. The zero-order valence-corrected chi connectivity index (χ0v) is 14.4. The van der Waals surface area contributed by atoms with E-state index in [2.05, 4.69) is 33.8 Å². The van der Waals surface area contributed by atoms with Crippen molar-refractivity contribution < 1.29 is 0 Å². The first-order chi connectivity index (χ1) is 9.52. The van der Waals surface area contributed by atoms with E-state index in [-0.39, 0.29) is 0 Å². The lowest BCUT2D eigenvalue weighted by atomic mass is 9.67. The molecule has 0 aliphatic heterocycles. The van der Waals surface area contributed by atoms with Gasteiger partial charge >= 0.3 is 0 Å². The highest BCUT2D eigenvalue weighted by Gasteiger charge is 2.56. The van der Waals surface area contributed by atoms with Gasteiger partial charge in [0, 0.05) is 0 Å². The molecule has 0 heterocycles. The fourth-order valence-corrected chi connectivity index (χ4v) is 4.64. The van der Waals surface area contributed by atoms with Crippen LogP contribution in [-0.2, 0) is 0 Å². The number of allylic oxidation sites excluding steroid dienone is 2. The quantitative estimate of drug-likeness (QED) is 0.317. The van der Waals surface area contributed by atoms with Gasteiger partial charge in [-0.15, -0.1) is 0 Å². The smallest absolute Gasteiger partial charge is 0.00593 e. The predicted octanol–water partition coefficient (Wildman–Crippen LogP) is 6.90. The molecular weight excluding hydrogens is 240 g/mol. The molecule has 20 heavy (non-hydrogen) atoms. The van der Waals surface area contributed by atoms with Crippen molar-refractivity contribution in [3.8, 4) is 0 Å². The van der Waals surface area contributed by atoms with Crippen LogP contribution in [0.3, 0.4) is 0 Å². The maximum atomic E-state index is 2.66. The maximum absolute atomic E-state index is 2.66. The van der Waals surface area contributed by atoms with Crippen molar-refractivity contribution in [2.75, 3.05) is 0 Å². The second-order valence-corrected chi connectivity index (χ2v) is 8.12. The monoisotopic (exact) mass is 276 g/mol. The van der Waals surface area contributed by atoms with E-state index in [1.54, 1.807) is 0 Å². The normalized spacial score (nSPS) is 30.8. The van der Waals surface area contributed by atoms with Gasteiger partial charge in [0.1, 0.15) is 0 Å². The molecule has 0 aromatic carbocycles. The van der Waals surface area contributed by atoms with Gasteiger partial charge in [-0.25, -0.2) is 0 Å². The molecule has 0 amide bonds. The largest absolute Gasteiger partial charge is 0.0811 e. The van der Waals surface area contributed by atoms with Crippen LogP contribution in [0.2, 0.25) is 0 Å². The molecule has 2 atom stereocenters. The molecule has 0 radical (unpaired) electrons. The Bertz CT molecular complexity index is 336. The van der Waals surface area contributed by atoms with Gasteiger partial charge in [-0.3, -0.25) is 0 Å². The molecule has 1 fully saturated rings. The summed E-state index contributed by atoms with van der Waals surface area (Å²) in [5, 5.41) is 0. The van der Waals surface area contributed by atoms with Gasteiger partial charge in [0.25, 0.3) is 0 Å². The van der Waals surface area contributed by atoms with Crippen LogP contribution in [-0.4, -0.2) is 0 Å². The van der Waals surface area contributed by atoms with Gasteiger partial charge in [-0.1, -0.05) is 84.3 Å². The summed E-state index contributed by atoms with van der Waals surface area (Å²) in [5.41, 5.74) is 2.87. The van der Waals surface area contributed by atoms with E-state index in [4.69, 9.17) is 0 Å². The van der Waals surface area contributed by atoms with E-state index in [0.717, 1.165) is 5.92 Å². The SMILES string of the molecule is CCCCCCCCCCC1=C[C@H]2CC[C@]1(C)C2(C)C. The van der Waals surface area contributed by atoms with Crippen molar-refractivity contribution in [2.45, 2.75) is 98.3 Å². The zero-order valence-electron chi connectivity index (χ0n) is 14.4. The summed E-state index contributed by atoms with van der Waals surface area (Å²) in [5.74, 6) is 0.872. The van der Waals surface area contributed by atoms with E-state index in [0.29, 0.717) is 10.8 Å². The van der Waals surface area contributed by atoms with Gasteiger partial charge in [0.05, 0.1) is 0 Å². The Kier molecular flexibility index (Phi) is 5.37. The summed E-state index contributed by atoms with van der Waals surface area (Å²) in [6.45, 7) is 9.84. The molecule has 2 rings (SSSR count). The number of hydrogen-bond donors (Lipinski definition) is 0. The lowest BCUT2D eigenvalue weighted by molar-refractivity contribution is 0.167. The second-order valence-electron chi connectivity index (χ2n) is 8.12. The average Bonchev–Trinajstić information content (AvgIpc) is 2.75. The summed E-state index contributed by atoms with van der Waals surface area (Å²) < 4.78 is 0. The van der Waals surface area contributed by atoms with Crippen molar-refractivity contribution in [2.24, 2.45) is 16.7 Å². The summed E-state index contributed by atoms with van der Waals surface area (Å²) in [6, 6.07) is 0. The first-order valence-corrected chi connectivity index (χ1v) is 9.23. The van der Waals surface area contributed by atoms with E-state index in [1.807, 2.05) is 5.57 Å². The summed E-state index contributed by atoms with van der Waals surface area (Å²) >= 11 is 0. The van der Waals surface area contributed by atoms with Crippen LogP contribution in [0.4, 0.5) is 0 Å². The molecule has 0 unspecified atom stereocenters. The third-order valence-corrected chi connectivity index (χ3v) is 6.72.